The van der Waals surface area contributed by atoms with E-state index < -0.39 is 0 Å². The normalized spacial score (nSPS) is 23.5. The summed E-state index contributed by atoms with van der Waals surface area (Å²) in [6.45, 7) is 3.46. The van der Waals surface area contributed by atoms with Crippen molar-refractivity contribution < 1.29 is 9.47 Å². The first-order valence-electron chi connectivity index (χ1n) is 6.15. The smallest absolute Gasteiger partial charge is 0.175 e. The van der Waals surface area contributed by atoms with E-state index in [1.807, 2.05) is 0 Å². The molecule has 0 aliphatic carbocycles. The predicted octanol–water partition coefficient (Wildman–Crippen LogP) is 2.69. The van der Waals surface area contributed by atoms with Crippen LogP contribution in [0.25, 0.3) is 0 Å². The minimum Gasteiger partial charge on any atom is -0.486 e. The van der Waals surface area contributed by atoms with E-state index >= 15 is 0 Å². The number of halogens is 1. The van der Waals surface area contributed by atoms with Gasteiger partial charge in [0.15, 0.2) is 11.5 Å². The lowest BCUT2D eigenvalue weighted by Gasteiger charge is -2.28. The molecule has 1 unspecified atom stereocenters. The quantitative estimate of drug-likeness (QED) is 0.864. The fraction of sp³-hybridized carbons (Fsp3) is 0.538. The zero-order chi connectivity index (χ0) is 11.7. The van der Waals surface area contributed by atoms with Gasteiger partial charge in [-0.3, -0.25) is 0 Å². The summed E-state index contributed by atoms with van der Waals surface area (Å²) in [5.74, 6) is 2.37. The SMILES string of the molecule is Brc1ccc(C2CCCNC2)c2c1OCCO2. The number of rotatable bonds is 1. The van der Waals surface area contributed by atoms with Gasteiger partial charge in [-0.05, 0) is 41.4 Å². The van der Waals surface area contributed by atoms with Gasteiger partial charge in [0.25, 0.3) is 0 Å². The second-order valence-electron chi connectivity index (χ2n) is 4.54. The highest BCUT2D eigenvalue weighted by atomic mass is 79.9. The maximum Gasteiger partial charge on any atom is 0.175 e. The van der Waals surface area contributed by atoms with Gasteiger partial charge in [0.1, 0.15) is 13.2 Å². The van der Waals surface area contributed by atoms with Crippen LogP contribution in [0.15, 0.2) is 16.6 Å². The van der Waals surface area contributed by atoms with Crippen LogP contribution in [0, 0.1) is 0 Å². The lowest BCUT2D eigenvalue weighted by Crippen LogP contribution is -2.29. The van der Waals surface area contributed by atoms with Crippen LogP contribution in [0.3, 0.4) is 0 Å². The topological polar surface area (TPSA) is 30.5 Å². The Hall–Kier alpha value is -0.740. The van der Waals surface area contributed by atoms with Crippen LogP contribution in [0.1, 0.15) is 24.3 Å². The molecule has 3 rings (SSSR count). The van der Waals surface area contributed by atoms with Gasteiger partial charge in [0, 0.05) is 18.0 Å². The highest BCUT2D eigenvalue weighted by Crippen LogP contribution is 2.44. The second kappa shape index (κ2) is 4.86. The minimum absolute atomic E-state index is 0.548. The molecule has 1 saturated heterocycles. The molecule has 1 atom stereocenters. The molecule has 3 nitrogen and oxygen atoms in total. The molecule has 0 saturated carbocycles. The van der Waals surface area contributed by atoms with Crippen molar-refractivity contribution in [3.63, 3.8) is 0 Å². The lowest BCUT2D eigenvalue weighted by atomic mass is 9.90. The second-order valence-corrected chi connectivity index (χ2v) is 5.39. The maximum absolute atomic E-state index is 5.81. The van der Waals surface area contributed by atoms with Crippen molar-refractivity contribution in [2.45, 2.75) is 18.8 Å². The summed E-state index contributed by atoms with van der Waals surface area (Å²) in [6, 6.07) is 4.23. The number of hydrogen-bond acceptors (Lipinski definition) is 3. The summed E-state index contributed by atoms with van der Waals surface area (Å²) in [7, 11) is 0. The highest BCUT2D eigenvalue weighted by molar-refractivity contribution is 9.10. The minimum atomic E-state index is 0.548. The molecule has 0 bridgehead atoms. The molecule has 1 N–H and O–H groups in total. The summed E-state index contributed by atoms with van der Waals surface area (Å²) in [6.07, 6.45) is 2.46. The van der Waals surface area contributed by atoms with Gasteiger partial charge in [-0.2, -0.15) is 0 Å². The molecule has 0 aromatic heterocycles. The van der Waals surface area contributed by atoms with Crippen LogP contribution in [-0.4, -0.2) is 26.3 Å². The predicted molar refractivity (Wildman–Crippen MR) is 70.0 cm³/mol. The molecule has 2 aliphatic heterocycles. The molecule has 92 valence electrons. The molecule has 2 aliphatic rings. The summed E-state index contributed by atoms with van der Waals surface area (Å²) < 4.78 is 12.5. The Morgan fingerprint density at radius 2 is 2.00 bits per heavy atom. The zero-order valence-corrected chi connectivity index (χ0v) is 11.3. The number of nitrogens with one attached hydrogen (secondary N) is 1. The Bertz CT molecular complexity index is 416. The van der Waals surface area contributed by atoms with Crippen molar-refractivity contribution in [3.8, 4) is 11.5 Å². The standard InChI is InChI=1S/C13H16BrNO2/c14-11-4-3-10(9-2-1-5-15-8-9)12-13(11)17-7-6-16-12/h3-4,9,15H,1-2,5-8H2. The van der Waals surface area contributed by atoms with Crippen molar-refractivity contribution >= 4 is 15.9 Å². The summed E-state index contributed by atoms with van der Waals surface area (Å²) in [5.41, 5.74) is 1.29. The summed E-state index contributed by atoms with van der Waals surface area (Å²) >= 11 is 3.52. The first-order valence-corrected chi connectivity index (χ1v) is 6.94. The molecule has 1 aromatic rings. The van der Waals surface area contributed by atoms with Crippen molar-refractivity contribution in [1.29, 1.82) is 0 Å². The van der Waals surface area contributed by atoms with Crippen LogP contribution in [0.5, 0.6) is 11.5 Å². The van der Waals surface area contributed by atoms with Gasteiger partial charge >= 0.3 is 0 Å². The van der Waals surface area contributed by atoms with Gasteiger partial charge in [0.2, 0.25) is 0 Å². The molecule has 1 fully saturated rings. The molecule has 17 heavy (non-hydrogen) atoms. The Balaban J connectivity index is 1.98. The number of ether oxygens (including phenoxy) is 2. The number of benzene rings is 1. The van der Waals surface area contributed by atoms with E-state index in [0.29, 0.717) is 19.1 Å². The lowest BCUT2D eigenvalue weighted by molar-refractivity contribution is 0.167. The Morgan fingerprint density at radius 1 is 1.18 bits per heavy atom. The fourth-order valence-electron chi connectivity index (χ4n) is 2.56. The number of hydrogen-bond donors (Lipinski definition) is 1. The molecule has 0 amide bonds. The third kappa shape index (κ3) is 2.16. The van der Waals surface area contributed by atoms with Crippen LogP contribution in [-0.2, 0) is 0 Å². The van der Waals surface area contributed by atoms with Gasteiger partial charge < -0.3 is 14.8 Å². The largest absolute Gasteiger partial charge is 0.486 e. The van der Waals surface area contributed by atoms with Gasteiger partial charge in [-0.1, -0.05) is 6.07 Å². The van der Waals surface area contributed by atoms with Crippen LogP contribution in [0.2, 0.25) is 0 Å². The summed E-state index contributed by atoms with van der Waals surface area (Å²) in [5, 5.41) is 3.45. The van der Waals surface area contributed by atoms with Crippen molar-refractivity contribution in [2.24, 2.45) is 0 Å². The van der Waals surface area contributed by atoms with E-state index in [-0.39, 0.29) is 0 Å². The van der Waals surface area contributed by atoms with E-state index in [9.17, 15) is 0 Å². The van der Waals surface area contributed by atoms with E-state index in [1.54, 1.807) is 0 Å². The van der Waals surface area contributed by atoms with Crippen LogP contribution < -0.4 is 14.8 Å². The average Bonchev–Trinajstić information content (AvgIpc) is 2.41. The first kappa shape index (κ1) is 11.4. The Labute approximate surface area is 110 Å². The molecular weight excluding hydrogens is 282 g/mol. The molecule has 0 radical (unpaired) electrons. The van der Waals surface area contributed by atoms with Crippen molar-refractivity contribution in [2.75, 3.05) is 26.3 Å². The van der Waals surface area contributed by atoms with Crippen molar-refractivity contribution in [3.05, 3.63) is 22.2 Å². The van der Waals surface area contributed by atoms with Crippen molar-refractivity contribution in [1.82, 2.24) is 5.32 Å². The molecule has 2 heterocycles. The van der Waals surface area contributed by atoms with Crippen LogP contribution >= 0.6 is 15.9 Å². The number of fused-ring (bicyclic) bond motifs is 1. The van der Waals surface area contributed by atoms with E-state index in [2.05, 4.69) is 33.4 Å². The summed E-state index contributed by atoms with van der Waals surface area (Å²) in [4.78, 5) is 0. The Morgan fingerprint density at radius 3 is 2.76 bits per heavy atom. The average molecular weight is 298 g/mol. The van der Waals surface area contributed by atoms with E-state index in [1.165, 1.54) is 18.4 Å². The third-order valence-corrected chi connectivity index (χ3v) is 4.03. The fourth-order valence-corrected chi connectivity index (χ4v) is 2.99. The van der Waals surface area contributed by atoms with Gasteiger partial charge in [0.05, 0.1) is 4.47 Å². The van der Waals surface area contributed by atoms with E-state index in [4.69, 9.17) is 9.47 Å². The number of piperidine rings is 1. The van der Waals surface area contributed by atoms with E-state index in [0.717, 1.165) is 29.1 Å². The monoisotopic (exact) mass is 297 g/mol. The zero-order valence-electron chi connectivity index (χ0n) is 9.67. The third-order valence-electron chi connectivity index (χ3n) is 3.41. The molecular formula is C13H16BrNO2. The van der Waals surface area contributed by atoms with Crippen LogP contribution in [0.4, 0.5) is 0 Å². The first-order chi connectivity index (χ1) is 8.36. The van der Waals surface area contributed by atoms with Gasteiger partial charge in [-0.25, -0.2) is 0 Å². The molecule has 0 spiro atoms. The molecule has 4 heteroatoms. The molecule has 1 aromatic carbocycles. The maximum atomic E-state index is 5.81. The van der Waals surface area contributed by atoms with Gasteiger partial charge in [-0.15, -0.1) is 0 Å². The highest BCUT2D eigenvalue weighted by Gasteiger charge is 2.25. The Kier molecular flexibility index (Phi) is 3.25.